The van der Waals surface area contributed by atoms with Gasteiger partial charge in [0.1, 0.15) is 11.5 Å². The highest BCUT2D eigenvalue weighted by molar-refractivity contribution is 5.99. The van der Waals surface area contributed by atoms with Crippen molar-refractivity contribution in [3.63, 3.8) is 0 Å². The van der Waals surface area contributed by atoms with Gasteiger partial charge in [-0.15, -0.1) is 0 Å². The van der Waals surface area contributed by atoms with Gasteiger partial charge in [0.05, 0.1) is 11.8 Å². The molecule has 5 nitrogen and oxygen atoms in total. The first kappa shape index (κ1) is 13.0. The van der Waals surface area contributed by atoms with Crippen LogP contribution in [0.5, 0.6) is 5.75 Å². The maximum Gasteiger partial charge on any atom is 0.253 e. The Morgan fingerprint density at radius 1 is 1.47 bits per heavy atom. The van der Waals surface area contributed by atoms with E-state index in [4.69, 9.17) is 10.2 Å². The smallest absolute Gasteiger partial charge is 0.253 e. The highest BCUT2D eigenvalue weighted by Crippen LogP contribution is 2.18. The van der Waals surface area contributed by atoms with E-state index in [9.17, 15) is 9.90 Å². The van der Waals surface area contributed by atoms with Gasteiger partial charge in [-0.2, -0.15) is 0 Å². The molecule has 1 heterocycles. The second kappa shape index (κ2) is 5.48. The highest BCUT2D eigenvalue weighted by atomic mass is 16.3. The van der Waals surface area contributed by atoms with E-state index in [0.29, 0.717) is 12.1 Å². The maximum atomic E-state index is 12.0. The number of amides is 1. The molecule has 2 aromatic rings. The largest absolute Gasteiger partial charge is 0.508 e. The molecule has 100 valence electrons. The van der Waals surface area contributed by atoms with Crippen LogP contribution in [0.2, 0.25) is 0 Å². The van der Waals surface area contributed by atoms with Crippen LogP contribution in [0, 0.1) is 0 Å². The third-order valence-electron chi connectivity index (χ3n) is 2.75. The van der Waals surface area contributed by atoms with Crippen molar-refractivity contribution in [2.24, 2.45) is 0 Å². The minimum atomic E-state index is -0.313. The van der Waals surface area contributed by atoms with Crippen molar-refractivity contribution in [1.29, 1.82) is 0 Å². The first-order chi connectivity index (χ1) is 9.06. The van der Waals surface area contributed by atoms with E-state index in [0.717, 1.165) is 5.76 Å². The van der Waals surface area contributed by atoms with Gasteiger partial charge in [0, 0.05) is 18.2 Å². The number of anilines is 1. The van der Waals surface area contributed by atoms with Crippen molar-refractivity contribution in [3.05, 3.63) is 47.9 Å². The van der Waals surface area contributed by atoms with Crippen molar-refractivity contribution < 1.29 is 14.3 Å². The van der Waals surface area contributed by atoms with Crippen LogP contribution in [0.4, 0.5) is 5.69 Å². The minimum Gasteiger partial charge on any atom is -0.508 e. The molecule has 1 unspecified atom stereocenters. The third-order valence-corrected chi connectivity index (χ3v) is 2.75. The highest BCUT2D eigenvalue weighted by Gasteiger charge is 2.14. The molecule has 0 bridgehead atoms. The Bertz CT molecular complexity index is 564. The molecule has 1 aromatic carbocycles. The van der Waals surface area contributed by atoms with Gasteiger partial charge in [0.2, 0.25) is 0 Å². The standard InChI is InChI=1S/C14H16N2O3/c1-9(7-11-3-2-6-19-11)16-14(18)12-8-10(17)4-5-13(12)15/h2-6,8-9,17H,7,15H2,1H3,(H,16,18). The first-order valence-electron chi connectivity index (χ1n) is 5.98. The van der Waals surface area contributed by atoms with Crippen molar-refractivity contribution >= 4 is 11.6 Å². The van der Waals surface area contributed by atoms with E-state index >= 15 is 0 Å². The fraction of sp³-hybridized carbons (Fsp3) is 0.214. The monoisotopic (exact) mass is 260 g/mol. The summed E-state index contributed by atoms with van der Waals surface area (Å²) in [5.74, 6) is 0.502. The van der Waals surface area contributed by atoms with E-state index in [1.54, 1.807) is 12.3 Å². The molecule has 1 aromatic heterocycles. The fourth-order valence-corrected chi connectivity index (χ4v) is 1.82. The predicted octanol–water partition coefficient (Wildman–Crippen LogP) is 1.93. The Morgan fingerprint density at radius 2 is 2.26 bits per heavy atom. The summed E-state index contributed by atoms with van der Waals surface area (Å²) in [5, 5.41) is 12.2. The van der Waals surface area contributed by atoms with Gasteiger partial charge >= 0.3 is 0 Å². The summed E-state index contributed by atoms with van der Waals surface area (Å²) in [6.45, 7) is 1.87. The lowest BCUT2D eigenvalue weighted by Gasteiger charge is -2.13. The molecule has 0 aliphatic carbocycles. The Kier molecular flexibility index (Phi) is 3.75. The van der Waals surface area contributed by atoms with E-state index in [1.807, 2.05) is 13.0 Å². The van der Waals surface area contributed by atoms with E-state index in [-0.39, 0.29) is 23.3 Å². The number of hydrogen-bond acceptors (Lipinski definition) is 4. The summed E-state index contributed by atoms with van der Waals surface area (Å²) in [4.78, 5) is 12.0. The molecule has 0 aliphatic heterocycles. The van der Waals surface area contributed by atoms with Crippen LogP contribution in [0.15, 0.2) is 41.0 Å². The molecular formula is C14H16N2O3. The SMILES string of the molecule is CC(Cc1ccco1)NC(=O)c1cc(O)ccc1N. The van der Waals surface area contributed by atoms with Crippen LogP contribution < -0.4 is 11.1 Å². The number of furan rings is 1. The molecule has 4 N–H and O–H groups in total. The average Bonchev–Trinajstić information content (AvgIpc) is 2.84. The molecule has 0 saturated carbocycles. The summed E-state index contributed by atoms with van der Waals surface area (Å²) in [5.41, 5.74) is 6.32. The zero-order valence-corrected chi connectivity index (χ0v) is 10.6. The second-order valence-electron chi connectivity index (χ2n) is 4.43. The topological polar surface area (TPSA) is 88.5 Å². The van der Waals surface area contributed by atoms with E-state index in [2.05, 4.69) is 5.32 Å². The van der Waals surface area contributed by atoms with Gasteiger partial charge in [0.15, 0.2) is 0 Å². The number of nitrogens with two attached hydrogens (primary N) is 1. The third kappa shape index (κ3) is 3.28. The van der Waals surface area contributed by atoms with Crippen molar-refractivity contribution in [2.75, 3.05) is 5.73 Å². The molecule has 0 aliphatic rings. The maximum absolute atomic E-state index is 12.0. The molecule has 1 atom stereocenters. The fourth-order valence-electron chi connectivity index (χ4n) is 1.82. The van der Waals surface area contributed by atoms with Crippen molar-refractivity contribution in [3.8, 4) is 5.75 Å². The lowest BCUT2D eigenvalue weighted by atomic mass is 10.1. The van der Waals surface area contributed by atoms with E-state index in [1.165, 1.54) is 18.2 Å². The number of nitrogen functional groups attached to an aromatic ring is 1. The number of phenols is 1. The number of hydrogen-bond donors (Lipinski definition) is 3. The van der Waals surface area contributed by atoms with Crippen molar-refractivity contribution in [2.45, 2.75) is 19.4 Å². The first-order valence-corrected chi connectivity index (χ1v) is 5.98. The summed E-state index contributed by atoms with van der Waals surface area (Å²) in [7, 11) is 0. The number of rotatable bonds is 4. The van der Waals surface area contributed by atoms with Gasteiger partial charge in [-0.1, -0.05) is 0 Å². The van der Waals surface area contributed by atoms with Crippen LogP contribution in [0.3, 0.4) is 0 Å². The zero-order valence-electron chi connectivity index (χ0n) is 10.6. The number of carbonyl (C=O) groups excluding carboxylic acids is 1. The molecule has 1 amide bonds. The molecule has 0 spiro atoms. The number of aromatic hydroxyl groups is 1. The Morgan fingerprint density at radius 3 is 2.95 bits per heavy atom. The summed E-state index contributed by atoms with van der Waals surface area (Å²) in [6.07, 6.45) is 2.19. The number of phenolic OH excluding ortho intramolecular Hbond substituents is 1. The van der Waals surface area contributed by atoms with Crippen LogP contribution in [-0.4, -0.2) is 17.1 Å². The normalized spacial score (nSPS) is 12.1. The van der Waals surface area contributed by atoms with Gasteiger partial charge in [-0.3, -0.25) is 4.79 Å². The van der Waals surface area contributed by atoms with Gasteiger partial charge in [-0.25, -0.2) is 0 Å². The summed E-state index contributed by atoms with van der Waals surface area (Å²) >= 11 is 0. The molecular weight excluding hydrogens is 244 g/mol. The molecule has 0 saturated heterocycles. The van der Waals surface area contributed by atoms with Crippen LogP contribution in [0.1, 0.15) is 23.0 Å². The predicted molar refractivity (Wildman–Crippen MR) is 71.9 cm³/mol. The number of benzene rings is 1. The zero-order chi connectivity index (χ0) is 13.8. The van der Waals surface area contributed by atoms with Crippen LogP contribution in [0.25, 0.3) is 0 Å². The molecule has 2 rings (SSSR count). The minimum absolute atomic E-state index is 0.0121. The lowest BCUT2D eigenvalue weighted by Crippen LogP contribution is -2.34. The number of carbonyl (C=O) groups is 1. The lowest BCUT2D eigenvalue weighted by molar-refractivity contribution is 0.0940. The van der Waals surface area contributed by atoms with Gasteiger partial charge in [0.25, 0.3) is 5.91 Å². The Labute approximate surface area is 111 Å². The number of nitrogens with one attached hydrogen (secondary N) is 1. The molecule has 0 radical (unpaired) electrons. The molecule has 0 fully saturated rings. The quantitative estimate of drug-likeness (QED) is 0.579. The second-order valence-corrected chi connectivity index (χ2v) is 4.43. The summed E-state index contributed by atoms with van der Waals surface area (Å²) in [6, 6.07) is 7.85. The molecule has 19 heavy (non-hydrogen) atoms. The van der Waals surface area contributed by atoms with Crippen molar-refractivity contribution in [1.82, 2.24) is 5.32 Å². The summed E-state index contributed by atoms with van der Waals surface area (Å²) < 4.78 is 5.22. The van der Waals surface area contributed by atoms with Crippen LogP contribution >= 0.6 is 0 Å². The molecule has 5 heteroatoms. The Hall–Kier alpha value is -2.43. The van der Waals surface area contributed by atoms with E-state index < -0.39 is 0 Å². The van der Waals surface area contributed by atoms with Gasteiger partial charge < -0.3 is 20.6 Å². The Balaban J connectivity index is 2.02. The average molecular weight is 260 g/mol. The van der Waals surface area contributed by atoms with Crippen LogP contribution in [-0.2, 0) is 6.42 Å². The van der Waals surface area contributed by atoms with Gasteiger partial charge in [-0.05, 0) is 37.3 Å².